The van der Waals surface area contributed by atoms with Crippen molar-refractivity contribution in [2.75, 3.05) is 23.7 Å². The summed E-state index contributed by atoms with van der Waals surface area (Å²) in [6, 6.07) is 8.20. The number of hydrogen-bond acceptors (Lipinski definition) is 8. The van der Waals surface area contributed by atoms with Crippen molar-refractivity contribution in [3.63, 3.8) is 0 Å². The van der Waals surface area contributed by atoms with Gasteiger partial charge in [0.15, 0.2) is 0 Å². The van der Waals surface area contributed by atoms with Crippen LogP contribution in [0.3, 0.4) is 0 Å². The smallest absolute Gasteiger partial charge is 0.287 e. The molecule has 0 aliphatic carbocycles. The van der Waals surface area contributed by atoms with E-state index < -0.39 is 4.92 Å². The minimum absolute atomic E-state index is 0.0612. The average Bonchev–Trinajstić information content (AvgIpc) is 3.14. The maximum Gasteiger partial charge on any atom is 0.287 e. The molecular weight excluding hydrogens is 479 g/mol. The van der Waals surface area contributed by atoms with Gasteiger partial charge >= 0.3 is 0 Å². The molecule has 12 heteroatoms. The Morgan fingerprint density at radius 3 is 2.47 bits per heavy atom. The lowest BCUT2D eigenvalue weighted by molar-refractivity contribution is -0.385. The molecule has 0 amide bonds. The Hall–Kier alpha value is -3.76. The first kappa shape index (κ1) is 23.4. The first-order valence-corrected chi connectivity index (χ1v) is 11.0. The second kappa shape index (κ2) is 10.0. The van der Waals surface area contributed by atoms with Gasteiger partial charge in [-0.2, -0.15) is 0 Å². The number of nitro groups is 1. The molecule has 2 N–H and O–H groups in total. The molecule has 0 bridgehead atoms. The van der Waals surface area contributed by atoms with Crippen LogP contribution in [0.5, 0.6) is 0 Å². The highest BCUT2D eigenvalue weighted by Crippen LogP contribution is 2.33. The Labute approximate surface area is 205 Å². The van der Waals surface area contributed by atoms with Crippen molar-refractivity contribution >= 4 is 40.7 Å². The summed E-state index contributed by atoms with van der Waals surface area (Å²) in [5.41, 5.74) is 2.89. The summed E-state index contributed by atoms with van der Waals surface area (Å²) in [4.78, 5) is 27.9. The fraction of sp³-hybridized carbons (Fsp3) is 0.182. The predicted octanol–water partition coefficient (Wildman–Crippen LogP) is 5.08. The van der Waals surface area contributed by atoms with E-state index in [0.717, 1.165) is 17.2 Å². The molecule has 3 aromatic heterocycles. The zero-order valence-corrected chi connectivity index (χ0v) is 19.8. The van der Waals surface area contributed by atoms with Gasteiger partial charge in [-0.25, -0.2) is 19.9 Å². The SMILES string of the molecule is Cc1cn(-c2cnc(NCCNc3ccc([N+](=O)[O-])cn3)nc2-c2ccc(Cl)cc2Cl)c(C)n1. The Bertz CT molecular complexity index is 1340. The van der Waals surface area contributed by atoms with Crippen LogP contribution in [0.15, 0.2) is 48.9 Å². The van der Waals surface area contributed by atoms with E-state index in [4.69, 9.17) is 28.2 Å². The summed E-state index contributed by atoms with van der Waals surface area (Å²) < 4.78 is 1.92. The summed E-state index contributed by atoms with van der Waals surface area (Å²) in [6.07, 6.45) is 4.84. The van der Waals surface area contributed by atoms with E-state index >= 15 is 0 Å². The van der Waals surface area contributed by atoms with Crippen LogP contribution in [-0.2, 0) is 0 Å². The number of rotatable bonds is 8. The quantitative estimate of drug-likeness (QED) is 0.195. The van der Waals surface area contributed by atoms with Crippen molar-refractivity contribution in [2.24, 2.45) is 0 Å². The van der Waals surface area contributed by atoms with Gasteiger partial charge in [-0.1, -0.05) is 23.2 Å². The number of halogens is 2. The minimum Gasteiger partial charge on any atom is -0.368 e. The van der Waals surface area contributed by atoms with Crippen molar-refractivity contribution in [1.82, 2.24) is 24.5 Å². The summed E-state index contributed by atoms with van der Waals surface area (Å²) in [5, 5.41) is 18.0. The molecular formula is C22H20Cl2N8O2. The maximum atomic E-state index is 10.7. The first-order chi connectivity index (χ1) is 16.3. The van der Waals surface area contributed by atoms with Gasteiger partial charge in [0.25, 0.3) is 5.69 Å². The highest BCUT2D eigenvalue weighted by atomic mass is 35.5. The number of nitrogens with one attached hydrogen (secondary N) is 2. The standard InChI is InChI=1S/C22H20Cl2N8O2/c1-13-12-31(14(2)29-13)19-11-28-22(30-21(19)17-5-3-15(23)9-18(17)24)26-8-7-25-20-6-4-16(10-27-20)32(33)34/h3-6,9-12H,7-8H2,1-2H3,(H,25,27)(H,26,28,30). The third-order valence-corrected chi connectivity index (χ3v) is 5.44. The van der Waals surface area contributed by atoms with E-state index in [-0.39, 0.29) is 5.69 Å². The Morgan fingerprint density at radius 2 is 1.82 bits per heavy atom. The van der Waals surface area contributed by atoms with Gasteiger partial charge in [0.1, 0.15) is 23.5 Å². The topological polar surface area (TPSA) is 124 Å². The third kappa shape index (κ3) is 5.24. The van der Waals surface area contributed by atoms with Gasteiger partial charge in [0.05, 0.1) is 27.5 Å². The fourth-order valence-corrected chi connectivity index (χ4v) is 3.84. The summed E-state index contributed by atoms with van der Waals surface area (Å²) in [7, 11) is 0. The molecule has 0 aliphatic rings. The minimum atomic E-state index is -0.490. The molecule has 0 saturated heterocycles. The van der Waals surface area contributed by atoms with Crippen LogP contribution in [0.1, 0.15) is 11.5 Å². The molecule has 10 nitrogen and oxygen atoms in total. The van der Waals surface area contributed by atoms with Crippen LogP contribution in [0, 0.1) is 24.0 Å². The van der Waals surface area contributed by atoms with Gasteiger partial charge in [-0.15, -0.1) is 0 Å². The molecule has 4 aromatic rings. The number of nitrogens with zero attached hydrogens (tertiary/aromatic N) is 6. The monoisotopic (exact) mass is 498 g/mol. The summed E-state index contributed by atoms with van der Waals surface area (Å²) >= 11 is 12.6. The second-order valence-corrected chi connectivity index (χ2v) is 8.21. The number of benzene rings is 1. The maximum absolute atomic E-state index is 10.7. The fourth-order valence-electron chi connectivity index (χ4n) is 3.34. The van der Waals surface area contributed by atoms with E-state index in [1.165, 1.54) is 12.3 Å². The van der Waals surface area contributed by atoms with Crippen LogP contribution in [0.4, 0.5) is 17.5 Å². The lowest BCUT2D eigenvalue weighted by Crippen LogP contribution is -2.16. The first-order valence-electron chi connectivity index (χ1n) is 10.3. The van der Waals surface area contributed by atoms with Crippen LogP contribution in [-0.4, -0.2) is 42.5 Å². The average molecular weight is 499 g/mol. The number of anilines is 2. The second-order valence-electron chi connectivity index (χ2n) is 7.36. The van der Waals surface area contributed by atoms with Crippen molar-refractivity contribution in [3.8, 4) is 16.9 Å². The molecule has 0 unspecified atom stereocenters. The molecule has 34 heavy (non-hydrogen) atoms. The Kier molecular flexibility index (Phi) is 6.90. The summed E-state index contributed by atoms with van der Waals surface area (Å²) in [6.45, 7) is 4.80. The lowest BCUT2D eigenvalue weighted by atomic mass is 10.1. The molecule has 0 aliphatic heterocycles. The number of aryl methyl sites for hydroxylation is 2. The molecule has 0 atom stereocenters. The molecule has 0 fully saturated rings. The number of pyridine rings is 1. The van der Waals surface area contributed by atoms with Crippen molar-refractivity contribution < 1.29 is 4.92 Å². The Balaban J connectivity index is 1.54. The van der Waals surface area contributed by atoms with Gasteiger partial charge in [0.2, 0.25) is 5.95 Å². The highest BCUT2D eigenvalue weighted by Gasteiger charge is 2.16. The van der Waals surface area contributed by atoms with E-state index in [9.17, 15) is 10.1 Å². The lowest BCUT2D eigenvalue weighted by Gasteiger charge is -2.14. The van der Waals surface area contributed by atoms with E-state index in [2.05, 4.69) is 25.6 Å². The van der Waals surface area contributed by atoms with Gasteiger partial charge in [0, 0.05) is 35.9 Å². The molecule has 174 valence electrons. The van der Waals surface area contributed by atoms with Crippen molar-refractivity contribution in [1.29, 1.82) is 0 Å². The van der Waals surface area contributed by atoms with Crippen molar-refractivity contribution in [3.05, 3.63) is 80.6 Å². The third-order valence-electron chi connectivity index (χ3n) is 4.89. The van der Waals surface area contributed by atoms with E-state index in [0.29, 0.717) is 46.2 Å². The van der Waals surface area contributed by atoms with Gasteiger partial charge < -0.3 is 15.2 Å². The van der Waals surface area contributed by atoms with Crippen molar-refractivity contribution in [2.45, 2.75) is 13.8 Å². The predicted molar refractivity (Wildman–Crippen MR) is 132 cm³/mol. The molecule has 0 spiro atoms. The number of imidazole rings is 1. The van der Waals surface area contributed by atoms with Crippen LogP contribution >= 0.6 is 23.2 Å². The number of hydrogen-bond donors (Lipinski definition) is 2. The normalized spacial score (nSPS) is 10.8. The van der Waals surface area contributed by atoms with Crippen LogP contribution < -0.4 is 10.6 Å². The largest absolute Gasteiger partial charge is 0.368 e. The highest BCUT2D eigenvalue weighted by molar-refractivity contribution is 6.36. The van der Waals surface area contributed by atoms with Crippen LogP contribution in [0.2, 0.25) is 10.0 Å². The molecule has 3 heterocycles. The van der Waals surface area contributed by atoms with Crippen LogP contribution in [0.25, 0.3) is 16.9 Å². The zero-order valence-electron chi connectivity index (χ0n) is 18.3. The molecule has 0 saturated carbocycles. The zero-order chi connectivity index (χ0) is 24.2. The molecule has 4 rings (SSSR count). The molecule has 0 radical (unpaired) electrons. The van der Waals surface area contributed by atoms with E-state index in [1.807, 2.05) is 30.7 Å². The van der Waals surface area contributed by atoms with E-state index in [1.54, 1.807) is 24.4 Å². The summed E-state index contributed by atoms with van der Waals surface area (Å²) in [5.74, 6) is 1.74. The molecule has 1 aromatic carbocycles. The van der Waals surface area contributed by atoms with Gasteiger partial charge in [-0.3, -0.25) is 10.1 Å². The number of aromatic nitrogens is 5. The van der Waals surface area contributed by atoms with Gasteiger partial charge in [-0.05, 0) is 38.1 Å². The Morgan fingerprint density at radius 1 is 1.03 bits per heavy atom.